The van der Waals surface area contributed by atoms with Crippen LogP contribution in [-0.4, -0.2) is 80.5 Å². The van der Waals surface area contributed by atoms with Crippen LogP contribution in [-0.2, 0) is 7.05 Å². The van der Waals surface area contributed by atoms with Gasteiger partial charge in [0.05, 0.1) is 66.3 Å². The van der Waals surface area contributed by atoms with E-state index in [2.05, 4.69) is 30.6 Å². The van der Waals surface area contributed by atoms with E-state index >= 15 is 0 Å². The van der Waals surface area contributed by atoms with Crippen LogP contribution < -0.4 is 10.2 Å². The van der Waals surface area contributed by atoms with E-state index in [1.165, 1.54) is 6.20 Å². The van der Waals surface area contributed by atoms with Gasteiger partial charge in [0.15, 0.2) is 0 Å². The number of likely N-dealkylation sites (N-methyl/N-ethyl adjacent to an activating group) is 1. The highest BCUT2D eigenvalue weighted by Crippen LogP contribution is 2.23. The first-order valence-electron chi connectivity index (χ1n) is 13.4. The largest absolute Gasteiger partial charge is 0.345 e. The summed E-state index contributed by atoms with van der Waals surface area (Å²) in [7, 11) is 1.78. The summed E-state index contributed by atoms with van der Waals surface area (Å²) in [5.74, 6) is 0.385. The molecule has 33 heavy (non-hydrogen) atoms. The molecule has 4 aromatic rings. The van der Waals surface area contributed by atoms with Gasteiger partial charge < -0.3 is 14.7 Å². The molecular weight excluding hydrogens is 418 g/mol. The molecule has 0 saturated carbocycles. The van der Waals surface area contributed by atoms with Crippen molar-refractivity contribution in [2.45, 2.75) is 0 Å². The van der Waals surface area contributed by atoms with Gasteiger partial charge in [-0.05, 0) is 24.3 Å². The number of rotatable bonds is 4. The van der Waals surface area contributed by atoms with Crippen molar-refractivity contribution in [3.05, 3.63) is 54.6 Å². The van der Waals surface area contributed by atoms with E-state index in [0.717, 1.165) is 10.9 Å². The van der Waals surface area contributed by atoms with E-state index in [9.17, 15) is 4.79 Å². The SMILES string of the molecule is [2H]C([2H])([2H])[N+]1(C([2H])([2H])[2H])CCN(c2cc(C(=O)Nc3cc4cc(-c5cn(C)nn5)cnc4cn3)ccn2)CC1. The fourth-order valence-electron chi connectivity index (χ4n) is 3.68. The molecule has 0 atom stereocenters. The maximum absolute atomic E-state index is 13.1. The van der Waals surface area contributed by atoms with Gasteiger partial charge in [-0.15, -0.1) is 5.10 Å². The molecule has 1 fully saturated rings. The Hall–Kier alpha value is -3.92. The van der Waals surface area contributed by atoms with E-state index in [0.29, 0.717) is 28.4 Å². The van der Waals surface area contributed by atoms with Gasteiger partial charge in [-0.1, -0.05) is 5.21 Å². The lowest BCUT2D eigenvalue weighted by atomic mass is 10.1. The van der Waals surface area contributed by atoms with Crippen LogP contribution in [0.15, 0.2) is 49.1 Å². The van der Waals surface area contributed by atoms with Gasteiger partial charge in [0, 0.05) is 36.0 Å². The molecule has 0 radical (unpaired) electrons. The lowest BCUT2D eigenvalue weighted by Gasteiger charge is -2.39. The highest BCUT2D eigenvalue weighted by molar-refractivity contribution is 6.04. The molecule has 168 valence electrons. The van der Waals surface area contributed by atoms with Crippen LogP contribution in [0.4, 0.5) is 11.6 Å². The highest BCUT2D eigenvalue weighted by Gasteiger charge is 2.25. The third kappa shape index (κ3) is 4.51. The van der Waals surface area contributed by atoms with Gasteiger partial charge in [0.1, 0.15) is 17.3 Å². The second-order valence-electron chi connectivity index (χ2n) is 8.02. The predicted molar refractivity (Wildman–Crippen MR) is 126 cm³/mol. The van der Waals surface area contributed by atoms with Crippen LogP contribution in [0, 0.1) is 0 Å². The number of amides is 1. The van der Waals surface area contributed by atoms with E-state index in [-0.39, 0.29) is 26.2 Å². The maximum Gasteiger partial charge on any atom is 0.257 e. The third-order valence-electron chi connectivity index (χ3n) is 5.54. The Morgan fingerprint density at radius 1 is 1.12 bits per heavy atom. The van der Waals surface area contributed by atoms with Crippen LogP contribution >= 0.6 is 0 Å². The third-order valence-corrected chi connectivity index (χ3v) is 5.54. The quantitative estimate of drug-likeness (QED) is 0.474. The molecule has 5 rings (SSSR count). The summed E-state index contributed by atoms with van der Waals surface area (Å²) in [6.07, 6.45) is 6.52. The van der Waals surface area contributed by atoms with Crippen LogP contribution in [0.2, 0.25) is 0 Å². The Morgan fingerprint density at radius 3 is 2.73 bits per heavy atom. The van der Waals surface area contributed by atoms with Crippen molar-refractivity contribution in [1.29, 1.82) is 0 Å². The predicted octanol–water partition coefficient (Wildman–Crippen LogP) is 1.97. The summed E-state index contributed by atoms with van der Waals surface area (Å²) in [4.78, 5) is 27.9. The van der Waals surface area contributed by atoms with Crippen molar-refractivity contribution < 1.29 is 17.5 Å². The average molecular weight is 451 g/mol. The number of nitrogens with zero attached hydrogens (tertiary/aromatic N) is 8. The minimum absolute atomic E-state index is 0.100. The fraction of sp³-hybridized carbons (Fsp3) is 0.304. The molecule has 1 aliphatic rings. The fourth-order valence-corrected chi connectivity index (χ4v) is 3.68. The molecule has 1 amide bonds. The number of hydrogen-bond acceptors (Lipinski definition) is 7. The van der Waals surface area contributed by atoms with Crippen molar-refractivity contribution in [3.8, 4) is 11.3 Å². The Labute approximate surface area is 199 Å². The zero-order valence-corrected chi connectivity index (χ0v) is 17.9. The molecule has 4 aromatic heterocycles. The number of nitrogens with one attached hydrogen (secondary N) is 1. The van der Waals surface area contributed by atoms with Gasteiger partial charge in [0.2, 0.25) is 0 Å². The summed E-state index contributed by atoms with van der Waals surface area (Å²) in [6, 6.07) is 6.76. The Bertz CT molecular complexity index is 1510. The van der Waals surface area contributed by atoms with Gasteiger partial charge in [0.25, 0.3) is 5.91 Å². The molecule has 0 unspecified atom stereocenters. The van der Waals surface area contributed by atoms with Crippen molar-refractivity contribution in [3.63, 3.8) is 0 Å². The Balaban J connectivity index is 1.32. The van der Waals surface area contributed by atoms with Crippen molar-refractivity contribution >= 4 is 28.4 Å². The summed E-state index contributed by atoms with van der Waals surface area (Å²) in [5.41, 5.74) is 2.43. The maximum atomic E-state index is 13.1. The summed E-state index contributed by atoms with van der Waals surface area (Å²) in [6.45, 7) is -5.22. The molecule has 0 spiro atoms. The number of anilines is 2. The number of piperazine rings is 1. The van der Waals surface area contributed by atoms with E-state index in [1.807, 2.05) is 6.07 Å². The average Bonchev–Trinajstić information content (AvgIpc) is 3.33. The molecule has 0 bridgehead atoms. The second-order valence-corrected chi connectivity index (χ2v) is 8.02. The van der Waals surface area contributed by atoms with Crippen molar-refractivity contribution in [1.82, 2.24) is 29.9 Å². The number of pyridine rings is 3. The first-order valence-corrected chi connectivity index (χ1v) is 10.4. The zero-order valence-electron chi connectivity index (χ0n) is 23.9. The topological polar surface area (TPSA) is 102 Å². The van der Waals surface area contributed by atoms with Gasteiger partial charge in [-0.25, -0.2) is 9.97 Å². The van der Waals surface area contributed by atoms with Crippen LogP contribution in [0.25, 0.3) is 22.2 Å². The number of carbonyl (C=O) groups is 1. The van der Waals surface area contributed by atoms with Crippen molar-refractivity contribution in [2.24, 2.45) is 7.05 Å². The summed E-state index contributed by atoms with van der Waals surface area (Å²) < 4.78 is 47.7. The Kier molecular flexibility index (Phi) is 3.74. The number of carbonyl (C=O) groups excluding carboxylic acids is 1. The second kappa shape index (κ2) is 8.21. The molecule has 10 nitrogen and oxygen atoms in total. The monoisotopic (exact) mass is 450 g/mol. The number of hydrogen-bond donors (Lipinski definition) is 1. The first-order chi connectivity index (χ1) is 18.4. The number of aromatic nitrogens is 6. The number of fused-ring (bicyclic) bond motifs is 1. The molecule has 1 aliphatic heterocycles. The molecule has 1 saturated heterocycles. The van der Waals surface area contributed by atoms with Gasteiger partial charge >= 0.3 is 0 Å². The normalized spacial score (nSPS) is 19.0. The lowest BCUT2D eigenvalue weighted by Crippen LogP contribution is -2.55. The molecule has 0 aromatic carbocycles. The van der Waals surface area contributed by atoms with Crippen molar-refractivity contribution in [2.75, 3.05) is 50.3 Å². The van der Waals surface area contributed by atoms with E-state index in [1.54, 1.807) is 53.4 Å². The lowest BCUT2D eigenvalue weighted by molar-refractivity contribution is -0.890. The van der Waals surface area contributed by atoms with Crippen LogP contribution in [0.1, 0.15) is 18.6 Å². The highest BCUT2D eigenvalue weighted by atomic mass is 16.1. The Morgan fingerprint density at radius 2 is 1.97 bits per heavy atom. The smallest absolute Gasteiger partial charge is 0.257 e. The van der Waals surface area contributed by atoms with Crippen LogP contribution in [0.3, 0.4) is 0 Å². The van der Waals surface area contributed by atoms with Gasteiger partial charge in [-0.3, -0.25) is 14.5 Å². The first kappa shape index (κ1) is 15.0. The molecule has 5 heterocycles. The molecule has 0 aliphatic carbocycles. The van der Waals surface area contributed by atoms with E-state index < -0.39 is 24.3 Å². The molecule has 1 N–H and O–H groups in total. The summed E-state index contributed by atoms with van der Waals surface area (Å²) in [5, 5.41) is 11.6. The molecule has 10 heteroatoms. The molecular formula is C23H26N9O+. The minimum atomic E-state index is -2.68. The van der Waals surface area contributed by atoms with E-state index in [4.69, 9.17) is 8.22 Å². The number of aryl methyl sites for hydroxylation is 1. The van der Waals surface area contributed by atoms with Gasteiger partial charge in [-0.2, -0.15) is 0 Å². The number of quaternary nitrogens is 1. The summed E-state index contributed by atoms with van der Waals surface area (Å²) >= 11 is 0. The minimum Gasteiger partial charge on any atom is -0.345 e. The standard InChI is InChI=1S/C23H25N9O/c1-30-15-20(28-29-30)18-10-17-11-21(26-14-19(17)25-13-18)27-23(33)16-4-5-24-22(12-16)31-6-8-32(2,3)9-7-31/h4-5,10-15H,6-9H2,1-3H3/p+1/i2D3,3D3. The zero-order chi connectivity index (χ0) is 28.0. The van der Waals surface area contributed by atoms with Crippen LogP contribution in [0.5, 0.6) is 0 Å².